The van der Waals surface area contributed by atoms with Crippen LogP contribution in [0.1, 0.15) is 35.6 Å². The Bertz CT molecular complexity index is 803. The first-order chi connectivity index (χ1) is 11.8. The predicted octanol–water partition coefficient (Wildman–Crippen LogP) is 4.14. The first kappa shape index (κ1) is 17.5. The highest BCUT2D eigenvalue weighted by Crippen LogP contribution is 2.40. The molecule has 2 unspecified atom stereocenters. The summed E-state index contributed by atoms with van der Waals surface area (Å²) in [6, 6.07) is 12.1. The maximum Gasteiger partial charge on any atom is 0.416 e. The summed E-state index contributed by atoms with van der Waals surface area (Å²) in [6.45, 7) is 3.63. The predicted molar refractivity (Wildman–Crippen MR) is 86.7 cm³/mol. The second-order valence-electron chi connectivity index (χ2n) is 6.08. The van der Waals surface area contributed by atoms with Crippen LogP contribution in [0.15, 0.2) is 48.5 Å². The summed E-state index contributed by atoms with van der Waals surface area (Å²) in [4.78, 5) is 12.3. The normalized spacial score (nSPS) is 23.6. The van der Waals surface area contributed by atoms with Crippen molar-refractivity contribution in [3.8, 4) is 0 Å². The zero-order valence-electron chi connectivity index (χ0n) is 13.9. The van der Waals surface area contributed by atoms with Gasteiger partial charge in [-0.05, 0) is 31.0 Å². The van der Waals surface area contributed by atoms with Gasteiger partial charge in [0.15, 0.2) is 5.72 Å². The standard InChI is InChI=1S/C19H18F3NO2/c1-3-16-17(24)23-18(25-16,15-10-5-4-7-12(15)2)13-8-6-9-14(11-13)19(20,21)22/h4-11,16H,3H2,1-2H3,(H,23,24). The molecule has 0 aliphatic carbocycles. The van der Waals surface area contributed by atoms with E-state index in [9.17, 15) is 18.0 Å². The maximum absolute atomic E-state index is 13.2. The zero-order valence-corrected chi connectivity index (χ0v) is 13.9. The summed E-state index contributed by atoms with van der Waals surface area (Å²) in [6.07, 6.45) is -4.76. The van der Waals surface area contributed by atoms with Crippen LogP contribution in [-0.4, -0.2) is 12.0 Å². The first-order valence-electron chi connectivity index (χ1n) is 8.01. The Balaban J connectivity index is 2.21. The fourth-order valence-corrected chi connectivity index (χ4v) is 3.13. The molecule has 0 bridgehead atoms. The van der Waals surface area contributed by atoms with Crippen molar-refractivity contribution in [2.24, 2.45) is 0 Å². The van der Waals surface area contributed by atoms with Crippen LogP contribution in [0.5, 0.6) is 0 Å². The third kappa shape index (κ3) is 3.02. The van der Waals surface area contributed by atoms with Crippen LogP contribution >= 0.6 is 0 Å². The third-order valence-electron chi connectivity index (χ3n) is 4.40. The zero-order chi connectivity index (χ0) is 18.2. The van der Waals surface area contributed by atoms with Crippen molar-refractivity contribution in [3.63, 3.8) is 0 Å². The van der Waals surface area contributed by atoms with Crippen LogP contribution in [0.3, 0.4) is 0 Å². The minimum absolute atomic E-state index is 0.251. The van der Waals surface area contributed by atoms with Gasteiger partial charge in [-0.15, -0.1) is 0 Å². The number of halogens is 3. The number of hydrogen-bond acceptors (Lipinski definition) is 2. The molecular formula is C19H18F3NO2. The molecule has 1 amide bonds. The molecule has 1 aliphatic heterocycles. The van der Waals surface area contributed by atoms with Crippen molar-refractivity contribution in [1.82, 2.24) is 5.32 Å². The van der Waals surface area contributed by atoms with E-state index in [0.717, 1.165) is 17.7 Å². The second-order valence-corrected chi connectivity index (χ2v) is 6.08. The molecule has 0 radical (unpaired) electrons. The van der Waals surface area contributed by atoms with E-state index in [1.165, 1.54) is 6.07 Å². The molecule has 1 fully saturated rings. The number of carbonyl (C=O) groups excluding carboxylic acids is 1. The number of rotatable bonds is 3. The van der Waals surface area contributed by atoms with Crippen molar-refractivity contribution in [2.45, 2.75) is 38.3 Å². The van der Waals surface area contributed by atoms with Crippen LogP contribution < -0.4 is 5.32 Å². The van der Waals surface area contributed by atoms with Crippen LogP contribution in [-0.2, 0) is 21.4 Å². The monoisotopic (exact) mass is 349 g/mol. The summed E-state index contributed by atoms with van der Waals surface area (Å²) in [5.41, 5.74) is -0.517. The number of ether oxygens (including phenoxy) is 1. The quantitative estimate of drug-likeness (QED) is 0.904. The van der Waals surface area contributed by atoms with Gasteiger partial charge in [-0.1, -0.05) is 43.3 Å². The van der Waals surface area contributed by atoms with Gasteiger partial charge in [0.2, 0.25) is 0 Å². The third-order valence-corrected chi connectivity index (χ3v) is 4.40. The molecule has 1 heterocycles. The van der Waals surface area contributed by atoms with Crippen LogP contribution in [0.4, 0.5) is 13.2 Å². The highest BCUT2D eigenvalue weighted by Gasteiger charge is 2.48. The van der Waals surface area contributed by atoms with Crippen molar-refractivity contribution in [1.29, 1.82) is 0 Å². The SMILES string of the molecule is CCC1OC(c2cccc(C(F)(F)F)c2)(c2ccccc2C)NC1=O. The Hall–Kier alpha value is -2.34. The molecule has 0 aromatic heterocycles. The topological polar surface area (TPSA) is 38.3 Å². The van der Waals surface area contributed by atoms with E-state index in [1.807, 2.05) is 19.1 Å². The van der Waals surface area contributed by atoms with Crippen molar-refractivity contribution in [2.75, 3.05) is 0 Å². The van der Waals surface area contributed by atoms with Gasteiger partial charge in [-0.25, -0.2) is 0 Å². The molecule has 3 nitrogen and oxygen atoms in total. The minimum Gasteiger partial charge on any atom is -0.334 e. The Morgan fingerprint density at radius 2 is 1.88 bits per heavy atom. The number of alkyl halides is 3. The summed E-state index contributed by atoms with van der Waals surface area (Å²) in [5.74, 6) is -0.330. The number of nitrogens with one attached hydrogen (secondary N) is 1. The molecule has 1 aliphatic rings. The number of amides is 1. The molecule has 1 N–H and O–H groups in total. The molecule has 6 heteroatoms. The lowest BCUT2D eigenvalue weighted by Gasteiger charge is -2.31. The highest BCUT2D eigenvalue weighted by atomic mass is 19.4. The summed E-state index contributed by atoms with van der Waals surface area (Å²) in [7, 11) is 0. The summed E-state index contributed by atoms with van der Waals surface area (Å²) >= 11 is 0. The Morgan fingerprint density at radius 3 is 2.48 bits per heavy atom. The number of benzene rings is 2. The van der Waals surface area contributed by atoms with E-state index in [0.29, 0.717) is 12.0 Å². The van der Waals surface area contributed by atoms with Crippen molar-refractivity contribution in [3.05, 3.63) is 70.8 Å². The Labute approximate surface area is 143 Å². The average Bonchev–Trinajstić information content (AvgIpc) is 2.92. The molecule has 0 spiro atoms. The molecule has 2 atom stereocenters. The first-order valence-corrected chi connectivity index (χ1v) is 8.01. The molecule has 132 valence electrons. The summed E-state index contributed by atoms with van der Waals surface area (Å²) in [5, 5.41) is 2.79. The number of hydrogen-bond donors (Lipinski definition) is 1. The van der Waals surface area contributed by atoms with Gasteiger partial charge in [0.25, 0.3) is 5.91 Å². The van der Waals surface area contributed by atoms with Gasteiger partial charge in [0.1, 0.15) is 6.10 Å². The lowest BCUT2D eigenvalue weighted by atomic mass is 9.90. The van der Waals surface area contributed by atoms with Gasteiger partial charge in [-0.3, -0.25) is 4.79 Å². The van der Waals surface area contributed by atoms with Gasteiger partial charge in [0.05, 0.1) is 5.56 Å². The molecule has 25 heavy (non-hydrogen) atoms. The summed E-state index contributed by atoms with van der Waals surface area (Å²) < 4.78 is 45.5. The fourth-order valence-electron chi connectivity index (χ4n) is 3.13. The van der Waals surface area contributed by atoms with Gasteiger partial charge < -0.3 is 10.1 Å². The van der Waals surface area contributed by atoms with Gasteiger partial charge in [0, 0.05) is 11.1 Å². The van der Waals surface area contributed by atoms with Crippen LogP contribution in [0.25, 0.3) is 0 Å². The molecule has 1 saturated heterocycles. The van der Waals surface area contributed by atoms with Crippen LogP contribution in [0, 0.1) is 6.92 Å². The Morgan fingerprint density at radius 1 is 1.16 bits per heavy atom. The lowest BCUT2D eigenvalue weighted by Crippen LogP contribution is -2.41. The fraction of sp³-hybridized carbons (Fsp3) is 0.316. The molecule has 0 saturated carbocycles. The van der Waals surface area contributed by atoms with E-state index in [4.69, 9.17) is 4.74 Å². The second kappa shape index (κ2) is 6.19. The van der Waals surface area contributed by atoms with Crippen LogP contribution in [0.2, 0.25) is 0 Å². The largest absolute Gasteiger partial charge is 0.416 e. The Kier molecular flexibility index (Phi) is 4.33. The highest BCUT2D eigenvalue weighted by molar-refractivity contribution is 5.84. The van der Waals surface area contributed by atoms with E-state index < -0.39 is 23.6 Å². The average molecular weight is 349 g/mol. The van der Waals surface area contributed by atoms with Crippen molar-refractivity contribution < 1.29 is 22.7 Å². The molecule has 2 aromatic rings. The maximum atomic E-state index is 13.2. The van der Waals surface area contributed by atoms with E-state index in [-0.39, 0.29) is 11.5 Å². The smallest absolute Gasteiger partial charge is 0.334 e. The van der Waals surface area contributed by atoms with Gasteiger partial charge in [-0.2, -0.15) is 13.2 Å². The molecule has 3 rings (SSSR count). The van der Waals surface area contributed by atoms with E-state index in [1.54, 1.807) is 25.1 Å². The number of carbonyl (C=O) groups is 1. The minimum atomic E-state index is -4.48. The number of aryl methyl sites for hydroxylation is 1. The lowest BCUT2D eigenvalue weighted by molar-refractivity contribution is -0.137. The van der Waals surface area contributed by atoms with Crippen molar-refractivity contribution >= 4 is 5.91 Å². The van der Waals surface area contributed by atoms with Gasteiger partial charge >= 0.3 is 6.18 Å². The molecule has 2 aromatic carbocycles. The van der Waals surface area contributed by atoms with E-state index in [2.05, 4.69) is 5.32 Å². The van der Waals surface area contributed by atoms with E-state index >= 15 is 0 Å². The molecular weight excluding hydrogens is 331 g/mol.